The molecular formula is C35H49N2O6+. The first-order valence-electron chi connectivity index (χ1n) is 15.5. The molecule has 0 aliphatic carbocycles. The molecule has 0 spiro atoms. The van der Waals surface area contributed by atoms with E-state index in [0.29, 0.717) is 39.3 Å². The van der Waals surface area contributed by atoms with E-state index in [0.717, 1.165) is 35.6 Å². The largest absolute Gasteiger partial charge is 0.466 e. The molecule has 0 aromatic heterocycles. The first kappa shape index (κ1) is 34.1. The highest BCUT2D eigenvalue weighted by Gasteiger charge is 2.48. The fourth-order valence-corrected chi connectivity index (χ4v) is 5.94. The molecule has 0 fully saturated rings. The maximum Gasteiger partial charge on any atom is 0.307 e. The Bertz CT molecular complexity index is 1330. The molecular weight excluding hydrogens is 544 g/mol. The zero-order chi connectivity index (χ0) is 31.6. The molecule has 0 N–H and O–H groups in total. The SMILES string of the molecule is CCOC(=O)CC1(C)C(C)=Nc2ccccc21.CCOC(=O)CC1(C)C(C)=[N+](CCC(OCC)OCC)c2ccccc21. The highest BCUT2D eigenvalue weighted by molar-refractivity contribution is 6.02. The van der Waals surface area contributed by atoms with E-state index in [4.69, 9.17) is 18.9 Å². The van der Waals surface area contributed by atoms with Crippen LogP contribution < -0.4 is 0 Å². The van der Waals surface area contributed by atoms with E-state index in [1.807, 2.05) is 71.0 Å². The van der Waals surface area contributed by atoms with Gasteiger partial charge >= 0.3 is 11.9 Å². The Labute approximate surface area is 257 Å². The first-order valence-corrected chi connectivity index (χ1v) is 15.5. The van der Waals surface area contributed by atoms with Crippen LogP contribution in [0.25, 0.3) is 0 Å². The Kier molecular flexibility index (Phi) is 12.2. The standard InChI is InChI=1S/C21H32NO4.C14H17NO2/c1-6-24-19(23)15-21(5)16(4)22(18-12-10-9-11-17(18)21)14-13-20(25-7-2)26-8-3;1-4-17-13(16)9-14(3)10(2)15-12-8-6-5-7-11(12)14/h9-12,20H,6-8,13-15H2,1-5H3;5-8H,4,9H2,1-3H3/q+1;. The monoisotopic (exact) mass is 593 g/mol. The second-order valence-electron chi connectivity index (χ2n) is 11.2. The summed E-state index contributed by atoms with van der Waals surface area (Å²) in [6.45, 7) is 18.7. The van der Waals surface area contributed by atoms with Crippen molar-refractivity contribution in [2.24, 2.45) is 4.99 Å². The zero-order valence-electron chi connectivity index (χ0n) is 27.2. The lowest BCUT2D eigenvalue weighted by Gasteiger charge is -2.24. The lowest BCUT2D eigenvalue weighted by atomic mass is 9.77. The molecule has 2 heterocycles. The minimum atomic E-state index is -0.352. The number of ether oxygens (including phenoxy) is 4. The van der Waals surface area contributed by atoms with Crippen molar-refractivity contribution < 1.29 is 33.1 Å². The summed E-state index contributed by atoms with van der Waals surface area (Å²) in [5, 5.41) is 0. The van der Waals surface area contributed by atoms with Crippen LogP contribution in [0.15, 0.2) is 53.5 Å². The van der Waals surface area contributed by atoms with Crippen LogP contribution in [-0.4, -0.2) is 67.2 Å². The summed E-state index contributed by atoms with van der Waals surface area (Å²) in [5.74, 6) is -0.325. The van der Waals surface area contributed by atoms with Gasteiger partial charge in [-0.15, -0.1) is 0 Å². The van der Waals surface area contributed by atoms with Gasteiger partial charge in [0.05, 0.1) is 43.6 Å². The summed E-state index contributed by atoms with van der Waals surface area (Å²) in [6, 6.07) is 16.3. The van der Waals surface area contributed by atoms with Crippen LogP contribution in [-0.2, 0) is 39.4 Å². The fourth-order valence-electron chi connectivity index (χ4n) is 5.94. The topological polar surface area (TPSA) is 86.4 Å². The van der Waals surface area contributed by atoms with E-state index in [2.05, 4.69) is 42.5 Å². The number of para-hydroxylation sites is 2. The number of nitrogens with zero attached hydrogens (tertiary/aromatic N) is 2. The van der Waals surface area contributed by atoms with Crippen molar-refractivity contribution >= 4 is 34.7 Å². The molecule has 4 rings (SSSR count). The normalized spacial score (nSPS) is 20.3. The molecule has 2 atom stereocenters. The highest BCUT2D eigenvalue weighted by atomic mass is 16.7. The summed E-state index contributed by atoms with van der Waals surface area (Å²) in [4.78, 5) is 28.4. The summed E-state index contributed by atoms with van der Waals surface area (Å²) in [5.41, 5.74) is 5.89. The number of esters is 2. The van der Waals surface area contributed by atoms with Gasteiger partial charge in [-0.3, -0.25) is 14.6 Å². The molecule has 0 radical (unpaired) electrons. The molecule has 2 aromatic rings. The second kappa shape index (κ2) is 15.4. The minimum Gasteiger partial charge on any atom is -0.466 e. The van der Waals surface area contributed by atoms with Gasteiger partial charge in [-0.2, -0.15) is 4.58 Å². The highest BCUT2D eigenvalue weighted by Crippen LogP contribution is 2.43. The average molecular weight is 594 g/mol. The summed E-state index contributed by atoms with van der Waals surface area (Å²) in [6.07, 6.45) is 1.26. The third-order valence-corrected chi connectivity index (χ3v) is 8.48. The van der Waals surface area contributed by atoms with Crippen LogP contribution in [0.5, 0.6) is 0 Å². The van der Waals surface area contributed by atoms with Gasteiger partial charge in [-0.1, -0.05) is 36.4 Å². The van der Waals surface area contributed by atoms with Crippen LogP contribution in [0.3, 0.4) is 0 Å². The van der Waals surface area contributed by atoms with Crippen molar-refractivity contribution in [3.63, 3.8) is 0 Å². The van der Waals surface area contributed by atoms with Gasteiger partial charge in [0.25, 0.3) is 0 Å². The smallest absolute Gasteiger partial charge is 0.307 e. The van der Waals surface area contributed by atoms with Gasteiger partial charge in [0, 0.05) is 42.9 Å². The molecule has 43 heavy (non-hydrogen) atoms. The molecule has 8 heteroatoms. The molecule has 234 valence electrons. The van der Waals surface area contributed by atoms with E-state index < -0.39 is 0 Å². The van der Waals surface area contributed by atoms with Gasteiger partial charge in [-0.05, 0) is 60.1 Å². The Balaban J connectivity index is 0.000000257. The minimum absolute atomic E-state index is 0.160. The second-order valence-corrected chi connectivity index (χ2v) is 11.2. The van der Waals surface area contributed by atoms with Crippen molar-refractivity contribution in [1.82, 2.24) is 0 Å². The predicted octanol–water partition coefficient (Wildman–Crippen LogP) is 6.81. The van der Waals surface area contributed by atoms with Crippen molar-refractivity contribution in [2.45, 2.75) is 91.8 Å². The lowest BCUT2D eigenvalue weighted by molar-refractivity contribution is -0.444. The van der Waals surface area contributed by atoms with E-state index in [1.54, 1.807) is 0 Å². The van der Waals surface area contributed by atoms with Gasteiger partial charge in [0.15, 0.2) is 18.5 Å². The third kappa shape index (κ3) is 7.78. The van der Waals surface area contributed by atoms with E-state index in [1.165, 1.54) is 11.3 Å². The maximum absolute atomic E-state index is 12.2. The molecule has 0 amide bonds. The van der Waals surface area contributed by atoms with Crippen LogP contribution in [0.4, 0.5) is 11.4 Å². The number of hydrogen-bond donors (Lipinski definition) is 0. The summed E-state index contributed by atoms with van der Waals surface area (Å²) < 4.78 is 23.9. The van der Waals surface area contributed by atoms with Crippen LogP contribution in [0.1, 0.15) is 85.8 Å². The van der Waals surface area contributed by atoms with E-state index in [-0.39, 0.29) is 29.1 Å². The van der Waals surface area contributed by atoms with Crippen LogP contribution >= 0.6 is 0 Å². The third-order valence-electron chi connectivity index (χ3n) is 8.48. The van der Waals surface area contributed by atoms with Crippen LogP contribution in [0.2, 0.25) is 0 Å². The number of benzene rings is 2. The Morgan fingerprint density at radius 2 is 1.30 bits per heavy atom. The zero-order valence-corrected chi connectivity index (χ0v) is 27.2. The van der Waals surface area contributed by atoms with Crippen molar-refractivity contribution in [1.29, 1.82) is 0 Å². The number of rotatable bonds is 13. The van der Waals surface area contributed by atoms with Crippen molar-refractivity contribution in [3.05, 3.63) is 59.7 Å². The molecule has 2 aromatic carbocycles. The number of hydrogen-bond acceptors (Lipinski definition) is 7. The van der Waals surface area contributed by atoms with Crippen molar-refractivity contribution in [2.75, 3.05) is 33.0 Å². The van der Waals surface area contributed by atoms with Crippen molar-refractivity contribution in [3.8, 4) is 0 Å². The molecule has 2 unspecified atom stereocenters. The van der Waals surface area contributed by atoms with E-state index in [9.17, 15) is 9.59 Å². The predicted molar refractivity (Wildman–Crippen MR) is 170 cm³/mol. The quantitative estimate of drug-likeness (QED) is 0.144. The number of fused-ring (bicyclic) bond motifs is 2. The average Bonchev–Trinajstić information content (AvgIpc) is 3.34. The maximum atomic E-state index is 12.2. The molecule has 8 nitrogen and oxygen atoms in total. The number of carbonyl (C=O) groups excluding carboxylic acids is 2. The van der Waals surface area contributed by atoms with Gasteiger partial charge in [-0.25, -0.2) is 0 Å². The summed E-state index contributed by atoms with van der Waals surface area (Å²) >= 11 is 0. The Morgan fingerprint density at radius 1 is 0.767 bits per heavy atom. The number of carbonyl (C=O) groups is 2. The van der Waals surface area contributed by atoms with Gasteiger partial charge in [0.2, 0.25) is 5.69 Å². The Morgan fingerprint density at radius 3 is 1.88 bits per heavy atom. The molecule has 0 saturated carbocycles. The molecule has 0 bridgehead atoms. The van der Waals surface area contributed by atoms with Gasteiger partial charge < -0.3 is 18.9 Å². The van der Waals surface area contributed by atoms with Gasteiger partial charge in [0.1, 0.15) is 0 Å². The first-order chi connectivity index (χ1) is 20.5. The molecule has 0 saturated heterocycles. The number of aliphatic imine (C=N–C) groups is 1. The summed E-state index contributed by atoms with van der Waals surface area (Å²) in [7, 11) is 0. The molecule has 2 aliphatic heterocycles. The molecule has 2 aliphatic rings. The fraction of sp³-hybridized carbons (Fsp3) is 0.543. The van der Waals surface area contributed by atoms with Crippen LogP contribution in [0, 0.1) is 0 Å². The lowest BCUT2D eigenvalue weighted by Crippen LogP contribution is -2.34. The van der Waals surface area contributed by atoms with E-state index >= 15 is 0 Å². The Hall–Kier alpha value is -3.36.